The smallest absolute Gasteiger partial charge is 0.251 e. The number of nitrogens with zero attached hydrogens (tertiary/aromatic N) is 2. The maximum absolute atomic E-state index is 12.6. The van der Waals surface area contributed by atoms with Crippen LogP contribution in [0.15, 0.2) is 67.3 Å². The van der Waals surface area contributed by atoms with Gasteiger partial charge in [0.1, 0.15) is 6.04 Å². The predicted octanol–water partition coefficient (Wildman–Crippen LogP) is 3.66. The molecule has 6 nitrogen and oxygen atoms in total. The van der Waals surface area contributed by atoms with Gasteiger partial charge in [0.2, 0.25) is 5.91 Å². The Labute approximate surface area is 183 Å². The van der Waals surface area contributed by atoms with E-state index in [1.165, 1.54) is 0 Å². The van der Waals surface area contributed by atoms with Gasteiger partial charge in [-0.05, 0) is 41.2 Å². The SMILES string of the molecule is CC(NC(=O)c1ccc(C(C)(C)C)cc1)C(=O)NCc1ccccc1Cn1ccnc1. The molecule has 0 aliphatic rings. The lowest BCUT2D eigenvalue weighted by Gasteiger charge is -2.19. The fourth-order valence-corrected chi connectivity index (χ4v) is 3.26. The molecule has 0 aliphatic heterocycles. The van der Waals surface area contributed by atoms with E-state index >= 15 is 0 Å². The van der Waals surface area contributed by atoms with Crippen molar-refractivity contribution in [2.75, 3.05) is 0 Å². The van der Waals surface area contributed by atoms with E-state index in [1.807, 2.05) is 47.2 Å². The monoisotopic (exact) mass is 418 g/mol. The fourth-order valence-electron chi connectivity index (χ4n) is 3.26. The van der Waals surface area contributed by atoms with Crippen molar-refractivity contribution >= 4 is 11.8 Å². The zero-order chi connectivity index (χ0) is 22.4. The van der Waals surface area contributed by atoms with Gasteiger partial charge in [-0.2, -0.15) is 0 Å². The molecule has 0 saturated carbocycles. The second kappa shape index (κ2) is 9.60. The molecule has 1 unspecified atom stereocenters. The number of carbonyl (C=O) groups is 2. The van der Waals surface area contributed by atoms with Gasteiger partial charge >= 0.3 is 0 Å². The van der Waals surface area contributed by atoms with Gasteiger partial charge in [-0.25, -0.2) is 4.98 Å². The molecule has 2 aromatic carbocycles. The Balaban J connectivity index is 1.56. The van der Waals surface area contributed by atoms with E-state index in [1.54, 1.807) is 31.6 Å². The normalized spacial score (nSPS) is 12.3. The van der Waals surface area contributed by atoms with Gasteiger partial charge in [0, 0.05) is 31.0 Å². The van der Waals surface area contributed by atoms with E-state index in [2.05, 4.69) is 36.4 Å². The molecule has 0 spiro atoms. The number of aromatic nitrogens is 2. The van der Waals surface area contributed by atoms with Gasteiger partial charge in [0.05, 0.1) is 6.33 Å². The van der Waals surface area contributed by atoms with E-state index in [-0.39, 0.29) is 17.2 Å². The largest absolute Gasteiger partial charge is 0.350 e. The maximum atomic E-state index is 12.6. The third kappa shape index (κ3) is 6.04. The van der Waals surface area contributed by atoms with Crippen LogP contribution < -0.4 is 10.6 Å². The maximum Gasteiger partial charge on any atom is 0.251 e. The molecule has 6 heteroatoms. The Bertz CT molecular complexity index is 1020. The van der Waals surface area contributed by atoms with Gasteiger partial charge in [-0.1, -0.05) is 57.2 Å². The summed E-state index contributed by atoms with van der Waals surface area (Å²) in [5, 5.41) is 5.70. The summed E-state index contributed by atoms with van der Waals surface area (Å²) in [7, 11) is 0. The average molecular weight is 419 g/mol. The highest BCUT2D eigenvalue weighted by atomic mass is 16.2. The minimum atomic E-state index is -0.643. The topological polar surface area (TPSA) is 76.0 Å². The number of carbonyl (C=O) groups excluding carboxylic acids is 2. The summed E-state index contributed by atoms with van der Waals surface area (Å²) in [6.45, 7) is 9.15. The van der Waals surface area contributed by atoms with Crippen LogP contribution in [-0.4, -0.2) is 27.4 Å². The zero-order valence-electron chi connectivity index (χ0n) is 18.6. The lowest BCUT2D eigenvalue weighted by molar-refractivity contribution is -0.122. The van der Waals surface area contributed by atoms with Crippen LogP contribution in [-0.2, 0) is 23.3 Å². The Hall–Kier alpha value is -3.41. The molecular weight excluding hydrogens is 388 g/mol. The molecule has 0 aliphatic carbocycles. The number of imidazole rings is 1. The van der Waals surface area contributed by atoms with Crippen LogP contribution in [0, 0.1) is 0 Å². The minimum Gasteiger partial charge on any atom is -0.350 e. The number of nitrogens with one attached hydrogen (secondary N) is 2. The predicted molar refractivity (Wildman–Crippen MR) is 122 cm³/mol. The summed E-state index contributed by atoms with van der Waals surface area (Å²) in [4.78, 5) is 29.2. The van der Waals surface area contributed by atoms with Gasteiger partial charge in [0.15, 0.2) is 0 Å². The molecule has 3 aromatic rings. The van der Waals surface area contributed by atoms with Crippen molar-refractivity contribution in [3.63, 3.8) is 0 Å². The van der Waals surface area contributed by atoms with E-state index < -0.39 is 6.04 Å². The molecule has 1 aromatic heterocycles. The fraction of sp³-hybridized carbons (Fsp3) is 0.320. The lowest BCUT2D eigenvalue weighted by Crippen LogP contribution is -2.44. The van der Waals surface area contributed by atoms with Crippen molar-refractivity contribution in [1.29, 1.82) is 0 Å². The van der Waals surface area contributed by atoms with E-state index in [4.69, 9.17) is 0 Å². The summed E-state index contributed by atoms with van der Waals surface area (Å²) >= 11 is 0. The van der Waals surface area contributed by atoms with Crippen molar-refractivity contribution in [1.82, 2.24) is 20.2 Å². The van der Waals surface area contributed by atoms with Crippen molar-refractivity contribution in [2.45, 2.75) is 52.2 Å². The first-order valence-corrected chi connectivity index (χ1v) is 10.5. The summed E-state index contributed by atoms with van der Waals surface area (Å²) < 4.78 is 1.98. The van der Waals surface area contributed by atoms with Gasteiger partial charge in [-0.3, -0.25) is 9.59 Å². The van der Waals surface area contributed by atoms with Crippen LogP contribution in [0.25, 0.3) is 0 Å². The Morgan fingerprint density at radius 1 is 1.03 bits per heavy atom. The molecular formula is C25H30N4O2. The highest BCUT2D eigenvalue weighted by Crippen LogP contribution is 2.22. The second-order valence-corrected chi connectivity index (χ2v) is 8.74. The summed E-state index contributed by atoms with van der Waals surface area (Å²) in [5.74, 6) is -0.485. The Morgan fingerprint density at radius 2 is 1.71 bits per heavy atom. The number of amides is 2. The van der Waals surface area contributed by atoms with Crippen LogP contribution in [0.4, 0.5) is 0 Å². The number of rotatable bonds is 7. The van der Waals surface area contributed by atoms with Crippen LogP contribution in [0.3, 0.4) is 0 Å². The highest BCUT2D eigenvalue weighted by molar-refractivity contribution is 5.97. The minimum absolute atomic E-state index is 0.0241. The lowest BCUT2D eigenvalue weighted by atomic mass is 9.86. The van der Waals surface area contributed by atoms with Crippen LogP contribution in [0.1, 0.15) is 54.7 Å². The molecule has 0 bridgehead atoms. The van der Waals surface area contributed by atoms with E-state index in [9.17, 15) is 9.59 Å². The molecule has 2 N–H and O–H groups in total. The summed E-state index contributed by atoms with van der Waals surface area (Å²) in [6, 6.07) is 14.8. The Morgan fingerprint density at radius 3 is 2.32 bits per heavy atom. The van der Waals surface area contributed by atoms with Gasteiger partial charge in [0.25, 0.3) is 5.91 Å². The first-order chi connectivity index (χ1) is 14.7. The van der Waals surface area contributed by atoms with E-state index in [0.717, 1.165) is 16.7 Å². The molecule has 162 valence electrons. The van der Waals surface area contributed by atoms with Crippen molar-refractivity contribution in [2.24, 2.45) is 0 Å². The number of benzene rings is 2. The summed E-state index contributed by atoms with van der Waals surface area (Å²) in [5.41, 5.74) is 3.86. The van der Waals surface area contributed by atoms with E-state index in [0.29, 0.717) is 18.7 Å². The molecule has 0 fully saturated rings. The first-order valence-electron chi connectivity index (χ1n) is 10.5. The molecule has 1 heterocycles. The quantitative estimate of drug-likeness (QED) is 0.615. The summed E-state index contributed by atoms with van der Waals surface area (Å²) in [6.07, 6.45) is 5.41. The first kappa shape index (κ1) is 22.3. The molecule has 0 radical (unpaired) electrons. The van der Waals surface area contributed by atoms with Crippen molar-refractivity contribution in [3.05, 3.63) is 89.5 Å². The van der Waals surface area contributed by atoms with Crippen molar-refractivity contribution < 1.29 is 9.59 Å². The van der Waals surface area contributed by atoms with Crippen LogP contribution >= 0.6 is 0 Å². The molecule has 2 amide bonds. The average Bonchev–Trinajstić information content (AvgIpc) is 3.25. The van der Waals surface area contributed by atoms with Gasteiger partial charge < -0.3 is 15.2 Å². The molecule has 0 saturated heterocycles. The van der Waals surface area contributed by atoms with Crippen LogP contribution in [0.2, 0.25) is 0 Å². The number of hydrogen-bond donors (Lipinski definition) is 2. The molecule has 3 rings (SSSR count). The highest BCUT2D eigenvalue weighted by Gasteiger charge is 2.18. The second-order valence-electron chi connectivity index (χ2n) is 8.74. The third-order valence-corrected chi connectivity index (χ3v) is 5.24. The standard InChI is InChI=1S/C25H30N4O2/c1-18(28-24(31)19-9-11-22(12-10-19)25(2,3)4)23(30)27-15-20-7-5-6-8-21(20)16-29-14-13-26-17-29/h5-14,17-18H,15-16H2,1-4H3,(H,27,30)(H,28,31). The molecule has 1 atom stereocenters. The zero-order valence-corrected chi connectivity index (χ0v) is 18.6. The van der Waals surface area contributed by atoms with Crippen molar-refractivity contribution in [3.8, 4) is 0 Å². The van der Waals surface area contributed by atoms with Crippen LogP contribution in [0.5, 0.6) is 0 Å². The number of hydrogen-bond acceptors (Lipinski definition) is 3. The molecule has 31 heavy (non-hydrogen) atoms. The van der Waals surface area contributed by atoms with Gasteiger partial charge in [-0.15, -0.1) is 0 Å². The third-order valence-electron chi connectivity index (χ3n) is 5.24. The Kier molecular flexibility index (Phi) is 6.90.